The number of nitrogens with zero attached hydrogens (tertiary/aromatic N) is 2. The second-order valence-electron chi connectivity index (χ2n) is 4.01. The zero-order chi connectivity index (χ0) is 16.2. The van der Waals surface area contributed by atoms with E-state index in [4.69, 9.17) is 0 Å². The van der Waals surface area contributed by atoms with Gasteiger partial charge in [0.25, 0.3) is 23.2 Å². The number of nitro benzene ring substituents is 2. The molecule has 0 radical (unpaired) electrons. The van der Waals surface area contributed by atoms with Crippen molar-refractivity contribution in [2.24, 2.45) is 0 Å². The first-order chi connectivity index (χ1) is 9.76. The molecule has 0 fully saturated rings. The molecule has 1 rings (SSSR count). The van der Waals surface area contributed by atoms with Gasteiger partial charge in [0.05, 0.1) is 21.5 Å². The molecule has 0 atom stereocenters. The largest absolute Gasteiger partial charge is 0.288 e. The minimum atomic E-state index is -0.951. The van der Waals surface area contributed by atoms with Gasteiger partial charge in [0, 0.05) is 17.7 Å². The molecular formula is C12H11N3O6. The second kappa shape index (κ2) is 6.37. The highest BCUT2D eigenvalue weighted by atomic mass is 16.6. The van der Waals surface area contributed by atoms with Crippen molar-refractivity contribution in [1.29, 1.82) is 0 Å². The summed E-state index contributed by atoms with van der Waals surface area (Å²) < 4.78 is 0. The SMILES string of the molecule is CC=C(C)C(=O)NC(=O)c1cc([N+](=O)[O-])cc([N+](=O)[O-])c1. The molecule has 0 spiro atoms. The minimum absolute atomic E-state index is 0.267. The van der Waals surface area contributed by atoms with Gasteiger partial charge in [0.2, 0.25) is 0 Å². The van der Waals surface area contributed by atoms with Crippen LogP contribution in [0.2, 0.25) is 0 Å². The van der Waals surface area contributed by atoms with E-state index in [0.29, 0.717) is 0 Å². The molecule has 0 unspecified atom stereocenters. The highest BCUT2D eigenvalue weighted by molar-refractivity contribution is 6.10. The lowest BCUT2D eigenvalue weighted by Crippen LogP contribution is -2.31. The van der Waals surface area contributed by atoms with E-state index < -0.39 is 33.0 Å². The van der Waals surface area contributed by atoms with Crippen LogP contribution in [0, 0.1) is 20.2 Å². The third-order valence-corrected chi connectivity index (χ3v) is 2.60. The van der Waals surface area contributed by atoms with Crippen LogP contribution in [0.4, 0.5) is 11.4 Å². The van der Waals surface area contributed by atoms with E-state index in [-0.39, 0.29) is 11.1 Å². The molecule has 0 heterocycles. The molecule has 1 aromatic carbocycles. The van der Waals surface area contributed by atoms with E-state index in [0.717, 1.165) is 18.2 Å². The van der Waals surface area contributed by atoms with Crippen molar-refractivity contribution in [3.8, 4) is 0 Å². The van der Waals surface area contributed by atoms with Crippen molar-refractivity contribution in [2.45, 2.75) is 13.8 Å². The molecule has 0 aromatic heterocycles. The van der Waals surface area contributed by atoms with Crippen LogP contribution in [0.15, 0.2) is 29.8 Å². The Bertz CT molecular complexity index is 633. The lowest BCUT2D eigenvalue weighted by atomic mass is 10.1. The summed E-state index contributed by atoms with van der Waals surface area (Å²) in [4.78, 5) is 43.0. The fourth-order valence-corrected chi connectivity index (χ4v) is 1.34. The molecule has 0 saturated carbocycles. The zero-order valence-corrected chi connectivity index (χ0v) is 11.2. The Morgan fingerprint density at radius 1 is 1.10 bits per heavy atom. The van der Waals surface area contributed by atoms with Gasteiger partial charge in [0.1, 0.15) is 0 Å². The third-order valence-electron chi connectivity index (χ3n) is 2.60. The predicted molar refractivity (Wildman–Crippen MR) is 71.7 cm³/mol. The smallest absolute Gasteiger partial charge is 0.277 e. The van der Waals surface area contributed by atoms with E-state index in [9.17, 15) is 29.8 Å². The molecule has 0 saturated heterocycles. The number of carbonyl (C=O) groups is 2. The van der Waals surface area contributed by atoms with Crippen LogP contribution in [-0.4, -0.2) is 21.7 Å². The van der Waals surface area contributed by atoms with Crippen molar-refractivity contribution < 1.29 is 19.4 Å². The molecule has 2 amide bonds. The normalized spacial score (nSPS) is 10.9. The summed E-state index contributed by atoms with van der Waals surface area (Å²) in [5.41, 5.74) is -1.29. The standard InChI is InChI=1S/C12H11N3O6/c1-3-7(2)11(16)13-12(17)8-4-9(14(18)19)6-10(5-8)15(20)21/h3-6H,1-2H3,(H,13,16,17). The van der Waals surface area contributed by atoms with Gasteiger partial charge in [-0.25, -0.2) is 0 Å². The van der Waals surface area contributed by atoms with Crippen molar-refractivity contribution in [1.82, 2.24) is 5.32 Å². The van der Waals surface area contributed by atoms with Crippen molar-refractivity contribution in [3.05, 3.63) is 55.6 Å². The first kappa shape index (κ1) is 16.0. The summed E-state index contributed by atoms with van der Waals surface area (Å²) in [5, 5.41) is 23.4. The monoisotopic (exact) mass is 293 g/mol. The van der Waals surface area contributed by atoms with Gasteiger partial charge in [-0.05, 0) is 13.8 Å². The van der Waals surface area contributed by atoms with Crippen LogP contribution >= 0.6 is 0 Å². The molecule has 21 heavy (non-hydrogen) atoms. The number of imide groups is 1. The van der Waals surface area contributed by atoms with Gasteiger partial charge in [-0.1, -0.05) is 6.08 Å². The Labute approximate surface area is 118 Å². The highest BCUT2D eigenvalue weighted by Gasteiger charge is 2.21. The number of amides is 2. The molecule has 1 N–H and O–H groups in total. The van der Waals surface area contributed by atoms with E-state index >= 15 is 0 Å². The molecule has 0 aliphatic heterocycles. The number of hydrogen-bond donors (Lipinski definition) is 1. The van der Waals surface area contributed by atoms with Crippen molar-refractivity contribution >= 4 is 23.2 Å². The number of hydrogen-bond acceptors (Lipinski definition) is 6. The van der Waals surface area contributed by atoms with E-state index in [1.54, 1.807) is 6.92 Å². The molecule has 9 heteroatoms. The molecule has 0 aliphatic rings. The van der Waals surface area contributed by atoms with Crippen LogP contribution in [0.3, 0.4) is 0 Å². The summed E-state index contributed by atoms with van der Waals surface area (Å²) in [5.74, 6) is -1.63. The maximum Gasteiger partial charge on any atom is 0.277 e. The average molecular weight is 293 g/mol. The van der Waals surface area contributed by atoms with Crippen molar-refractivity contribution in [3.63, 3.8) is 0 Å². The predicted octanol–water partition coefficient (Wildman–Crippen LogP) is 1.73. The Hall–Kier alpha value is -3.10. The Balaban J connectivity index is 3.17. The number of nitrogens with one attached hydrogen (secondary N) is 1. The second-order valence-corrected chi connectivity index (χ2v) is 4.01. The van der Waals surface area contributed by atoms with Gasteiger partial charge < -0.3 is 0 Å². The maximum atomic E-state index is 11.8. The fourth-order valence-electron chi connectivity index (χ4n) is 1.34. The summed E-state index contributed by atoms with van der Waals surface area (Å²) in [6, 6.07) is 2.46. The van der Waals surface area contributed by atoms with Crippen LogP contribution < -0.4 is 5.32 Å². The fraction of sp³-hybridized carbons (Fsp3) is 0.167. The lowest BCUT2D eigenvalue weighted by molar-refractivity contribution is -0.394. The number of nitro groups is 2. The average Bonchev–Trinajstić information content (AvgIpc) is 2.45. The summed E-state index contributed by atoms with van der Waals surface area (Å²) in [7, 11) is 0. The number of rotatable bonds is 4. The number of carbonyl (C=O) groups excluding carboxylic acids is 2. The van der Waals surface area contributed by atoms with Crippen molar-refractivity contribution in [2.75, 3.05) is 0 Å². The molecular weight excluding hydrogens is 282 g/mol. The third kappa shape index (κ3) is 3.93. The zero-order valence-electron chi connectivity index (χ0n) is 11.2. The van der Waals surface area contributed by atoms with Gasteiger partial charge in [-0.3, -0.25) is 35.1 Å². The van der Waals surface area contributed by atoms with Crippen LogP contribution in [0.5, 0.6) is 0 Å². The molecule has 9 nitrogen and oxygen atoms in total. The lowest BCUT2D eigenvalue weighted by Gasteiger charge is -2.04. The summed E-state index contributed by atoms with van der Waals surface area (Å²) in [6.07, 6.45) is 1.47. The van der Waals surface area contributed by atoms with E-state index in [1.807, 2.05) is 5.32 Å². The maximum absolute atomic E-state index is 11.8. The topological polar surface area (TPSA) is 132 Å². The summed E-state index contributed by atoms with van der Waals surface area (Å²) in [6.45, 7) is 3.07. The molecule has 0 bridgehead atoms. The van der Waals surface area contributed by atoms with Gasteiger partial charge in [-0.15, -0.1) is 0 Å². The molecule has 1 aromatic rings. The van der Waals surface area contributed by atoms with Crippen LogP contribution in [-0.2, 0) is 4.79 Å². The molecule has 0 aliphatic carbocycles. The summed E-state index contributed by atoms with van der Waals surface area (Å²) >= 11 is 0. The first-order valence-corrected chi connectivity index (χ1v) is 5.68. The highest BCUT2D eigenvalue weighted by Crippen LogP contribution is 2.22. The van der Waals surface area contributed by atoms with Gasteiger partial charge in [0.15, 0.2) is 0 Å². The van der Waals surface area contributed by atoms with Crippen LogP contribution in [0.1, 0.15) is 24.2 Å². The Morgan fingerprint density at radius 3 is 1.95 bits per heavy atom. The van der Waals surface area contributed by atoms with E-state index in [1.165, 1.54) is 13.0 Å². The van der Waals surface area contributed by atoms with Gasteiger partial charge in [-0.2, -0.15) is 0 Å². The number of non-ortho nitro benzene ring substituents is 2. The Kier molecular flexibility index (Phi) is 4.84. The Morgan fingerprint density at radius 2 is 1.57 bits per heavy atom. The number of allylic oxidation sites excluding steroid dienone is 1. The van der Waals surface area contributed by atoms with Gasteiger partial charge >= 0.3 is 0 Å². The van der Waals surface area contributed by atoms with E-state index in [2.05, 4.69) is 0 Å². The van der Waals surface area contributed by atoms with Crippen LogP contribution in [0.25, 0.3) is 0 Å². The minimum Gasteiger partial charge on any atom is -0.288 e. The molecule has 110 valence electrons. The first-order valence-electron chi connectivity index (χ1n) is 5.68. The quantitative estimate of drug-likeness (QED) is 0.510. The number of benzene rings is 1.